The highest BCUT2D eigenvalue weighted by Crippen LogP contribution is 2.08. The van der Waals surface area contributed by atoms with E-state index in [9.17, 15) is 4.79 Å². The van der Waals surface area contributed by atoms with Gasteiger partial charge in [0, 0.05) is 25.7 Å². The van der Waals surface area contributed by atoms with Crippen molar-refractivity contribution in [2.75, 3.05) is 18.8 Å². The molecule has 0 spiro atoms. The molecule has 1 rings (SSSR count). The SMILES string of the molecule is CCN(CC)C(=O)c1cc(N)n(CC)n1. The van der Waals surface area contributed by atoms with Gasteiger partial charge >= 0.3 is 0 Å². The molecule has 0 saturated carbocycles. The maximum atomic E-state index is 11.9. The monoisotopic (exact) mass is 210 g/mol. The van der Waals surface area contributed by atoms with E-state index in [1.807, 2.05) is 20.8 Å². The Morgan fingerprint density at radius 1 is 1.47 bits per heavy atom. The Morgan fingerprint density at radius 3 is 2.47 bits per heavy atom. The van der Waals surface area contributed by atoms with Gasteiger partial charge in [-0.05, 0) is 20.8 Å². The summed E-state index contributed by atoms with van der Waals surface area (Å²) in [5, 5.41) is 4.15. The topological polar surface area (TPSA) is 64.2 Å². The number of carbonyl (C=O) groups is 1. The molecule has 5 nitrogen and oxygen atoms in total. The summed E-state index contributed by atoms with van der Waals surface area (Å²) in [6.07, 6.45) is 0. The number of anilines is 1. The van der Waals surface area contributed by atoms with E-state index in [4.69, 9.17) is 5.73 Å². The molecule has 1 amide bonds. The van der Waals surface area contributed by atoms with E-state index in [0.717, 1.165) is 0 Å². The average Bonchev–Trinajstić information content (AvgIpc) is 2.61. The van der Waals surface area contributed by atoms with Gasteiger partial charge in [0.1, 0.15) is 5.82 Å². The van der Waals surface area contributed by atoms with E-state index < -0.39 is 0 Å². The molecular weight excluding hydrogens is 192 g/mol. The number of hydrogen-bond acceptors (Lipinski definition) is 3. The minimum absolute atomic E-state index is 0.0566. The second-order valence-corrected chi connectivity index (χ2v) is 3.25. The highest BCUT2D eigenvalue weighted by Gasteiger charge is 2.16. The lowest BCUT2D eigenvalue weighted by atomic mass is 10.3. The molecule has 15 heavy (non-hydrogen) atoms. The lowest BCUT2D eigenvalue weighted by Gasteiger charge is -2.16. The molecule has 0 fully saturated rings. The zero-order valence-corrected chi connectivity index (χ0v) is 9.53. The van der Waals surface area contributed by atoms with E-state index in [-0.39, 0.29) is 5.91 Å². The summed E-state index contributed by atoms with van der Waals surface area (Å²) in [4.78, 5) is 13.6. The van der Waals surface area contributed by atoms with Crippen molar-refractivity contribution >= 4 is 11.7 Å². The summed E-state index contributed by atoms with van der Waals surface area (Å²) in [6.45, 7) is 7.89. The molecule has 0 radical (unpaired) electrons. The predicted octanol–water partition coefficient (Wildman–Crippen LogP) is 0.967. The minimum atomic E-state index is -0.0566. The molecule has 2 N–H and O–H groups in total. The van der Waals surface area contributed by atoms with Gasteiger partial charge in [-0.15, -0.1) is 0 Å². The Hall–Kier alpha value is -1.52. The molecule has 1 aromatic rings. The van der Waals surface area contributed by atoms with Crippen molar-refractivity contribution in [2.24, 2.45) is 0 Å². The maximum Gasteiger partial charge on any atom is 0.274 e. The Kier molecular flexibility index (Phi) is 3.71. The molecule has 0 unspecified atom stereocenters. The lowest BCUT2D eigenvalue weighted by Crippen LogP contribution is -2.30. The van der Waals surface area contributed by atoms with Crippen LogP contribution in [0.4, 0.5) is 5.82 Å². The van der Waals surface area contributed by atoms with E-state index in [1.54, 1.807) is 15.6 Å². The fourth-order valence-electron chi connectivity index (χ4n) is 1.46. The molecule has 84 valence electrons. The van der Waals surface area contributed by atoms with Crippen molar-refractivity contribution < 1.29 is 4.79 Å². The number of aromatic nitrogens is 2. The van der Waals surface area contributed by atoms with Gasteiger partial charge in [-0.2, -0.15) is 5.10 Å². The smallest absolute Gasteiger partial charge is 0.274 e. The van der Waals surface area contributed by atoms with Gasteiger partial charge in [-0.25, -0.2) is 4.68 Å². The van der Waals surface area contributed by atoms with Crippen LogP contribution in [0.25, 0.3) is 0 Å². The molecular formula is C10H18N4O. The number of hydrogen-bond donors (Lipinski definition) is 1. The standard InChI is InChI=1S/C10H18N4O/c1-4-13(5-2)10(15)8-7-9(11)14(6-3)12-8/h7H,4-6,11H2,1-3H3. The van der Waals surface area contributed by atoms with Crippen LogP contribution in [0.15, 0.2) is 6.07 Å². The van der Waals surface area contributed by atoms with Crippen molar-refractivity contribution in [3.63, 3.8) is 0 Å². The van der Waals surface area contributed by atoms with Crippen molar-refractivity contribution in [2.45, 2.75) is 27.3 Å². The Balaban J connectivity index is 2.90. The molecule has 5 heteroatoms. The Labute approximate surface area is 89.9 Å². The maximum absolute atomic E-state index is 11.9. The molecule has 1 heterocycles. The van der Waals surface area contributed by atoms with Crippen molar-refractivity contribution in [3.8, 4) is 0 Å². The number of carbonyl (C=O) groups excluding carboxylic acids is 1. The van der Waals surface area contributed by atoms with Crippen LogP contribution in [0, 0.1) is 0 Å². The number of nitrogens with zero attached hydrogens (tertiary/aromatic N) is 3. The second kappa shape index (κ2) is 4.82. The van der Waals surface area contributed by atoms with Gasteiger partial charge in [0.2, 0.25) is 0 Å². The molecule has 1 aromatic heterocycles. The number of amides is 1. The Bertz CT molecular complexity index is 341. The summed E-state index contributed by atoms with van der Waals surface area (Å²) in [5.41, 5.74) is 6.13. The lowest BCUT2D eigenvalue weighted by molar-refractivity contribution is 0.0766. The van der Waals surface area contributed by atoms with Crippen LogP contribution in [0.2, 0.25) is 0 Å². The fourth-order valence-corrected chi connectivity index (χ4v) is 1.46. The van der Waals surface area contributed by atoms with Crippen molar-refractivity contribution in [1.82, 2.24) is 14.7 Å². The number of rotatable bonds is 4. The van der Waals surface area contributed by atoms with E-state index >= 15 is 0 Å². The Morgan fingerprint density at radius 2 is 2.07 bits per heavy atom. The molecule has 0 aliphatic heterocycles. The largest absolute Gasteiger partial charge is 0.384 e. The quantitative estimate of drug-likeness (QED) is 0.805. The first-order valence-corrected chi connectivity index (χ1v) is 5.26. The zero-order chi connectivity index (χ0) is 11.4. The third-order valence-corrected chi connectivity index (χ3v) is 2.38. The van der Waals surface area contributed by atoms with Crippen LogP contribution in [0.5, 0.6) is 0 Å². The summed E-state index contributed by atoms with van der Waals surface area (Å²) in [6, 6.07) is 1.63. The zero-order valence-electron chi connectivity index (χ0n) is 9.53. The fraction of sp³-hybridized carbons (Fsp3) is 0.600. The normalized spacial score (nSPS) is 10.3. The van der Waals surface area contributed by atoms with Crippen LogP contribution in [-0.2, 0) is 6.54 Å². The molecule has 0 aliphatic carbocycles. The van der Waals surface area contributed by atoms with Gasteiger partial charge in [0.25, 0.3) is 5.91 Å². The van der Waals surface area contributed by atoms with Crippen LogP contribution in [0.1, 0.15) is 31.3 Å². The average molecular weight is 210 g/mol. The number of nitrogens with two attached hydrogens (primary N) is 1. The van der Waals surface area contributed by atoms with Crippen molar-refractivity contribution in [1.29, 1.82) is 0 Å². The summed E-state index contributed by atoms with van der Waals surface area (Å²) >= 11 is 0. The summed E-state index contributed by atoms with van der Waals surface area (Å²) < 4.78 is 1.62. The van der Waals surface area contributed by atoms with Crippen molar-refractivity contribution in [3.05, 3.63) is 11.8 Å². The van der Waals surface area contributed by atoms with E-state index in [2.05, 4.69) is 5.10 Å². The van der Waals surface area contributed by atoms with Gasteiger partial charge in [-0.1, -0.05) is 0 Å². The van der Waals surface area contributed by atoms with Crippen LogP contribution in [-0.4, -0.2) is 33.7 Å². The molecule has 0 atom stereocenters. The van der Waals surface area contributed by atoms with E-state index in [0.29, 0.717) is 31.1 Å². The van der Waals surface area contributed by atoms with Crippen LogP contribution < -0.4 is 5.73 Å². The van der Waals surface area contributed by atoms with Gasteiger partial charge in [-0.3, -0.25) is 4.79 Å². The number of nitrogen functional groups attached to an aromatic ring is 1. The van der Waals surface area contributed by atoms with E-state index in [1.165, 1.54) is 0 Å². The minimum Gasteiger partial charge on any atom is -0.384 e. The first-order chi connectivity index (χ1) is 7.13. The van der Waals surface area contributed by atoms with Gasteiger partial charge in [0.05, 0.1) is 0 Å². The highest BCUT2D eigenvalue weighted by molar-refractivity contribution is 5.93. The van der Waals surface area contributed by atoms with Crippen LogP contribution >= 0.6 is 0 Å². The molecule has 0 aliphatic rings. The predicted molar refractivity (Wildman–Crippen MR) is 59.6 cm³/mol. The second-order valence-electron chi connectivity index (χ2n) is 3.25. The molecule has 0 aromatic carbocycles. The van der Waals surface area contributed by atoms with Crippen LogP contribution in [0.3, 0.4) is 0 Å². The van der Waals surface area contributed by atoms with Gasteiger partial charge in [0.15, 0.2) is 5.69 Å². The van der Waals surface area contributed by atoms with Gasteiger partial charge < -0.3 is 10.6 Å². The first kappa shape index (κ1) is 11.6. The number of aryl methyl sites for hydroxylation is 1. The third-order valence-electron chi connectivity index (χ3n) is 2.38. The molecule has 0 saturated heterocycles. The highest BCUT2D eigenvalue weighted by atomic mass is 16.2. The first-order valence-electron chi connectivity index (χ1n) is 5.26. The summed E-state index contributed by atoms with van der Waals surface area (Å²) in [5.74, 6) is 0.479. The molecule has 0 bridgehead atoms. The third kappa shape index (κ3) is 2.29. The summed E-state index contributed by atoms with van der Waals surface area (Å²) in [7, 11) is 0.